The van der Waals surface area contributed by atoms with Crippen molar-refractivity contribution < 1.29 is 17.5 Å². The number of benzene rings is 1. The van der Waals surface area contributed by atoms with Crippen LogP contribution in [0, 0.1) is 17.1 Å². The molecule has 1 atom stereocenters. The lowest BCUT2D eigenvalue weighted by Crippen LogP contribution is -2.46. The van der Waals surface area contributed by atoms with Crippen LogP contribution in [0.25, 0.3) is 0 Å². The summed E-state index contributed by atoms with van der Waals surface area (Å²) >= 11 is 0. The zero-order valence-electron chi connectivity index (χ0n) is 14.1. The molecule has 1 aromatic heterocycles. The highest BCUT2D eigenvalue weighted by Crippen LogP contribution is 2.29. The molecule has 2 aliphatic rings. The summed E-state index contributed by atoms with van der Waals surface area (Å²) in [5.74, 6) is 0.130. The number of nitriles is 1. The van der Waals surface area contributed by atoms with E-state index < -0.39 is 21.3 Å². The number of sulfone groups is 1. The third kappa shape index (κ3) is 3.26. The Balaban J connectivity index is 1.56. The monoisotopic (exact) mass is 390 g/mol. The third-order valence-corrected chi connectivity index (χ3v) is 6.42. The maximum absolute atomic E-state index is 13.4. The molecule has 0 saturated carbocycles. The molecule has 1 saturated heterocycles. The van der Waals surface area contributed by atoms with E-state index in [1.54, 1.807) is 12.1 Å². The average Bonchev–Trinajstić information content (AvgIpc) is 2.98. The molecule has 1 aromatic carbocycles. The Labute approximate surface area is 154 Å². The van der Waals surface area contributed by atoms with Crippen molar-refractivity contribution >= 4 is 15.7 Å². The van der Waals surface area contributed by atoms with Gasteiger partial charge >= 0.3 is 5.69 Å². The molecule has 140 valence electrons. The van der Waals surface area contributed by atoms with E-state index in [4.69, 9.17) is 10.00 Å². The van der Waals surface area contributed by atoms with Gasteiger partial charge in [-0.3, -0.25) is 4.57 Å². The molecule has 27 heavy (non-hydrogen) atoms. The number of halogens is 1. The molecule has 3 heterocycles. The van der Waals surface area contributed by atoms with Gasteiger partial charge in [0.2, 0.25) is 5.88 Å². The van der Waals surface area contributed by atoms with E-state index in [1.165, 1.54) is 22.8 Å². The van der Waals surface area contributed by atoms with Gasteiger partial charge in [-0.2, -0.15) is 10.2 Å². The van der Waals surface area contributed by atoms with Crippen molar-refractivity contribution in [3.05, 3.63) is 51.7 Å². The lowest BCUT2D eigenvalue weighted by Gasteiger charge is -2.30. The van der Waals surface area contributed by atoms with Crippen molar-refractivity contribution in [2.75, 3.05) is 23.0 Å². The fraction of sp³-hybridized carbons (Fsp3) is 0.353. The Hall–Kier alpha value is -2.93. The summed E-state index contributed by atoms with van der Waals surface area (Å²) < 4.78 is 44.0. The van der Waals surface area contributed by atoms with E-state index in [2.05, 4.69) is 4.98 Å². The Morgan fingerprint density at radius 1 is 1.37 bits per heavy atom. The molecule has 2 aromatic rings. The van der Waals surface area contributed by atoms with Crippen LogP contribution in [0.15, 0.2) is 29.1 Å². The average molecular weight is 390 g/mol. The van der Waals surface area contributed by atoms with Gasteiger partial charge in [-0.15, -0.1) is 0 Å². The number of hydrogen-bond acceptors (Lipinski definition) is 7. The minimum absolute atomic E-state index is 0.0107. The number of nitrogens with zero attached hydrogens (tertiary/aromatic N) is 4. The first kappa shape index (κ1) is 17.5. The van der Waals surface area contributed by atoms with Gasteiger partial charge in [0, 0.05) is 12.6 Å². The van der Waals surface area contributed by atoms with E-state index in [0.29, 0.717) is 17.9 Å². The van der Waals surface area contributed by atoms with Crippen LogP contribution in [0.3, 0.4) is 0 Å². The fourth-order valence-electron chi connectivity index (χ4n) is 3.41. The van der Waals surface area contributed by atoms with Gasteiger partial charge in [0.05, 0.1) is 29.7 Å². The topological polar surface area (TPSA) is 105 Å². The van der Waals surface area contributed by atoms with Crippen LogP contribution in [0.4, 0.5) is 10.2 Å². The molecule has 0 bridgehead atoms. The first-order valence-corrected chi connectivity index (χ1v) is 10.1. The minimum Gasteiger partial charge on any atom is -0.473 e. The van der Waals surface area contributed by atoms with Crippen molar-refractivity contribution in [1.82, 2.24) is 9.55 Å². The molecule has 4 rings (SSSR count). The van der Waals surface area contributed by atoms with E-state index >= 15 is 0 Å². The van der Waals surface area contributed by atoms with E-state index in [-0.39, 0.29) is 42.1 Å². The first-order valence-electron chi connectivity index (χ1n) is 8.26. The molecule has 2 aliphatic heterocycles. The number of fused-ring (bicyclic) bond motifs is 3. The molecular weight excluding hydrogens is 375 g/mol. The summed E-state index contributed by atoms with van der Waals surface area (Å²) in [6, 6.07) is 7.14. The first-order chi connectivity index (χ1) is 12.9. The van der Waals surface area contributed by atoms with Crippen LogP contribution in [-0.4, -0.2) is 42.1 Å². The number of hydrogen-bond donors (Lipinski definition) is 0. The fourth-order valence-corrected chi connectivity index (χ4v) is 4.93. The molecule has 8 nitrogen and oxygen atoms in total. The zero-order valence-corrected chi connectivity index (χ0v) is 14.9. The number of ether oxygens (including phenoxy) is 1. The van der Waals surface area contributed by atoms with Crippen molar-refractivity contribution in [3.63, 3.8) is 0 Å². The van der Waals surface area contributed by atoms with E-state index in [0.717, 1.165) is 0 Å². The largest absolute Gasteiger partial charge is 0.473 e. The van der Waals surface area contributed by atoms with Gasteiger partial charge in [0.1, 0.15) is 24.3 Å². The standard InChI is InChI=1S/C17H15FN4O4S/c18-14-2-1-11(5-12(14)7-19)9-26-15-6-16-21-3-4-27(24,25)10-13(21)8-22(16)17(23)20-15/h1-2,5-6,13H,3-4,8-10H2. The molecular formula is C17H15FN4O4S. The summed E-state index contributed by atoms with van der Waals surface area (Å²) in [5, 5.41) is 8.88. The maximum atomic E-state index is 13.4. The highest BCUT2D eigenvalue weighted by atomic mass is 32.2. The summed E-state index contributed by atoms with van der Waals surface area (Å²) in [6.45, 7) is 0.617. The van der Waals surface area contributed by atoms with Crippen LogP contribution in [0.2, 0.25) is 0 Å². The molecule has 0 N–H and O–H groups in total. The molecule has 1 fully saturated rings. The van der Waals surface area contributed by atoms with Crippen LogP contribution in [0.1, 0.15) is 11.1 Å². The van der Waals surface area contributed by atoms with E-state index in [1.807, 2.05) is 4.90 Å². The summed E-state index contributed by atoms with van der Waals surface area (Å²) in [7, 11) is -3.10. The highest BCUT2D eigenvalue weighted by molar-refractivity contribution is 7.91. The van der Waals surface area contributed by atoms with Gasteiger partial charge in [-0.25, -0.2) is 17.6 Å². The molecule has 0 spiro atoms. The second-order valence-electron chi connectivity index (χ2n) is 6.52. The van der Waals surface area contributed by atoms with Gasteiger partial charge in [0.15, 0.2) is 9.84 Å². The van der Waals surface area contributed by atoms with Gasteiger partial charge in [-0.1, -0.05) is 6.07 Å². The highest BCUT2D eigenvalue weighted by Gasteiger charge is 2.38. The minimum atomic E-state index is -3.10. The SMILES string of the molecule is N#Cc1cc(COc2cc3n(c(=O)n2)CC2CS(=O)(=O)CCN32)ccc1F. The van der Waals surface area contributed by atoms with Crippen LogP contribution in [0.5, 0.6) is 5.88 Å². The Morgan fingerprint density at radius 2 is 2.19 bits per heavy atom. The Morgan fingerprint density at radius 3 is 2.96 bits per heavy atom. The molecule has 0 aliphatic carbocycles. The van der Waals surface area contributed by atoms with Crippen molar-refractivity contribution in [2.24, 2.45) is 0 Å². The zero-order chi connectivity index (χ0) is 19.2. The molecule has 10 heteroatoms. The van der Waals surface area contributed by atoms with Crippen molar-refractivity contribution in [2.45, 2.75) is 19.2 Å². The molecule has 1 unspecified atom stereocenters. The Bertz CT molecular complexity index is 1120. The van der Waals surface area contributed by atoms with Crippen LogP contribution < -0.4 is 15.3 Å². The smallest absolute Gasteiger partial charge is 0.352 e. The van der Waals surface area contributed by atoms with Gasteiger partial charge in [-0.05, 0) is 17.7 Å². The number of anilines is 1. The lowest BCUT2D eigenvalue weighted by atomic mass is 10.1. The quantitative estimate of drug-likeness (QED) is 0.749. The summed E-state index contributed by atoms with van der Waals surface area (Å²) in [5.41, 5.74) is -0.0288. The normalized spacial score (nSPS) is 19.9. The van der Waals surface area contributed by atoms with E-state index in [9.17, 15) is 17.6 Å². The summed E-state index contributed by atoms with van der Waals surface area (Å²) in [4.78, 5) is 18.1. The van der Waals surface area contributed by atoms with Crippen molar-refractivity contribution in [1.29, 1.82) is 5.26 Å². The number of aromatic nitrogens is 2. The predicted molar refractivity (Wildman–Crippen MR) is 93.7 cm³/mol. The second-order valence-corrected chi connectivity index (χ2v) is 8.75. The van der Waals surface area contributed by atoms with Crippen LogP contribution in [-0.2, 0) is 23.0 Å². The second kappa shape index (κ2) is 6.35. The third-order valence-electron chi connectivity index (χ3n) is 4.72. The van der Waals surface area contributed by atoms with Crippen molar-refractivity contribution in [3.8, 4) is 11.9 Å². The van der Waals surface area contributed by atoms with Gasteiger partial charge < -0.3 is 9.64 Å². The summed E-state index contributed by atoms with van der Waals surface area (Å²) in [6.07, 6.45) is 0. The lowest BCUT2D eigenvalue weighted by molar-refractivity contribution is 0.291. The Kier molecular flexibility index (Phi) is 4.11. The number of rotatable bonds is 3. The maximum Gasteiger partial charge on any atom is 0.352 e. The van der Waals surface area contributed by atoms with Gasteiger partial charge in [0.25, 0.3) is 0 Å². The molecule has 0 amide bonds. The molecule has 0 radical (unpaired) electrons. The van der Waals surface area contributed by atoms with Crippen LogP contribution >= 0.6 is 0 Å². The predicted octanol–water partition coefficient (Wildman–Crippen LogP) is 0.450.